The van der Waals surface area contributed by atoms with Gasteiger partial charge in [-0.25, -0.2) is 0 Å². The van der Waals surface area contributed by atoms with E-state index in [2.05, 4.69) is 0 Å². The minimum Gasteiger partial charge on any atom is -0.455 e. The highest BCUT2D eigenvalue weighted by atomic mass is 16.3. The van der Waals surface area contributed by atoms with Crippen LogP contribution in [-0.4, -0.2) is 4.57 Å². The lowest BCUT2D eigenvalue weighted by molar-refractivity contribution is 0.673. The minimum atomic E-state index is -0.446. The van der Waals surface area contributed by atoms with Crippen molar-refractivity contribution in [2.45, 2.75) is 0 Å². The molecular formula is C48H32N2O. The first-order valence-corrected chi connectivity index (χ1v) is 16.7. The lowest BCUT2D eigenvalue weighted by atomic mass is 10.0. The summed E-state index contributed by atoms with van der Waals surface area (Å²) in [5, 5.41) is 1.11. The molecule has 0 fully saturated rings. The molecule has 2 heterocycles. The van der Waals surface area contributed by atoms with Crippen LogP contribution in [0, 0.1) is 0 Å². The van der Waals surface area contributed by atoms with E-state index in [1.807, 2.05) is 155 Å². The molecular weight excluding hydrogens is 621 g/mol. The number of fused-ring (bicyclic) bond motifs is 7. The molecule has 0 amide bonds. The van der Waals surface area contributed by atoms with Crippen molar-refractivity contribution in [3.8, 4) is 27.9 Å². The van der Waals surface area contributed by atoms with Crippen molar-refractivity contribution < 1.29 is 15.4 Å². The van der Waals surface area contributed by atoms with Crippen LogP contribution >= 0.6 is 0 Å². The van der Waals surface area contributed by atoms with Crippen LogP contribution in [0.1, 0.15) is 11.0 Å². The summed E-state index contributed by atoms with van der Waals surface area (Å²) >= 11 is 0. The zero-order valence-electron chi connectivity index (χ0n) is 35.2. The fraction of sp³-hybridized carbons (Fsp3) is 0. The van der Waals surface area contributed by atoms with Crippen molar-refractivity contribution >= 4 is 60.8 Å². The normalized spacial score (nSPS) is 13.7. The summed E-state index contributed by atoms with van der Waals surface area (Å²) in [5.41, 5.74) is 7.63. The Kier molecular flexibility index (Phi) is 5.15. The molecule has 51 heavy (non-hydrogen) atoms. The second-order valence-corrected chi connectivity index (χ2v) is 12.4. The predicted molar refractivity (Wildman–Crippen MR) is 214 cm³/mol. The first-order valence-electron chi connectivity index (χ1n) is 20.7. The molecule has 0 saturated heterocycles. The van der Waals surface area contributed by atoms with Crippen molar-refractivity contribution in [3.63, 3.8) is 0 Å². The van der Waals surface area contributed by atoms with Crippen LogP contribution in [0.25, 0.3) is 71.7 Å². The van der Waals surface area contributed by atoms with E-state index >= 15 is 0 Å². The number of hydrogen-bond acceptors (Lipinski definition) is 2. The summed E-state index contributed by atoms with van der Waals surface area (Å²) in [6.45, 7) is 0. The van der Waals surface area contributed by atoms with Crippen molar-refractivity contribution in [3.05, 3.63) is 194 Å². The van der Waals surface area contributed by atoms with Gasteiger partial charge in [0, 0.05) is 27.8 Å². The summed E-state index contributed by atoms with van der Waals surface area (Å²) in [6.07, 6.45) is 0. The van der Waals surface area contributed by atoms with Crippen molar-refractivity contribution in [1.29, 1.82) is 0 Å². The summed E-state index contributed by atoms with van der Waals surface area (Å²) in [4.78, 5) is 2.03. The minimum absolute atomic E-state index is 0.0556. The molecule has 10 aromatic rings. The van der Waals surface area contributed by atoms with Gasteiger partial charge in [0.1, 0.15) is 11.2 Å². The van der Waals surface area contributed by atoms with E-state index in [1.54, 1.807) is 0 Å². The third-order valence-electron chi connectivity index (χ3n) is 9.45. The molecule has 0 bridgehead atoms. The first-order chi connectivity index (χ1) is 28.6. The summed E-state index contributed by atoms with van der Waals surface area (Å²) in [6, 6.07) is 44.7. The number of anilines is 3. The Morgan fingerprint density at radius 3 is 1.59 bits per heavy atom. The highest BCUT2D eigenvalue weighted by Gasteiger charge is 2.25. The molecule has 240 valence electrons. The molecule has 0 aliphatic heterocycles. The topological polar surface area (TPSA) is 21.3 Å². The molecule has 2 aromatic heterocycles. The zero-order chi connectivity index (χ0) is 40.7. The van der Waals surface area contributed by atoms with Gasteiger partial charge >= 0.3 is 0 Å². The number of hydrogen-bond donors (Lipinski definition) is 0. The largest absolute Gasteiger partial charge is 0.455 e. The highest BCUT2D eigenvalue weighted by Crippen LogP contribution is 2.49. The number of furan rings is 1. The second kappa shape index (κ2) is 11.9. The molecule has 0 N–H and O–H groups in total. The molecule has 0 atom stereocenters. The molecule has 0 radical (unpaired) electrons. The van der Waals surface area contributed by atoms with Gasteiger partial charge in [0.2, 0.25) is 0 Å². The third kappa shape index (κ3) is 4.82. The number of benzene rings is 8. The van der Waals surface area contributed by atoms with Gasteiger partial charge in [0.15, 0.2) is 0 Å². The lowest BCUT2D eigenvalue weighted by Gasteiger charge is -2.27. The van der Waals surface area contributed by atoms with E-state index in [-0.39, 0.29) is 57.7 Å². The first kappa shape index (κ1) is 22.0. The Bertz CT molecular complexity index is 3190. The van der Waals surface area contributed by atoms with Gasteiger partial charge in [-0.05, 0) is 76.8 Å². The van der Waals surface area contributed by atoms with Gasteiger partial charge in [-0.3, -0.25) is 0 Å². The SMILES string of the molecule is [2H]c1c([2H])c([2H])c2c(oc3c2c(N(c2ccc(-c4ccccc4)cc2)c2ccc(-c4ccccc4)cc2)cc2c3c3c([2H])c([2H])c([2H])c([2H])c3n2-c2ccccc2)c1[2H]. The van der Waals surface area contributed by atoms with Crippen LogP contribution in [0.5, 0.6) is 0 Å². The van der Waals surface area contributed by atoms with E-state index in [9.17, 15) is 4.11 Å². The molecule has 0 spiro atoms. The molecule has 10 rings (SSSR count). The maximum absolute atomic E-state index is 9.27. The summed E-state index contributed by atoms with van der Waals surface area (Å²) < 4.78 is 80.0. The van der Waals surface area contributed by atoms with Crippen LogP contribution in [0.4, 0.5) is 17.1 Å². The number of aromatic nitrogens is 1. The maximum Gasteiger partial charge on any atom is 0.147 e. The van der Waals surface area contributed by atoms with Crippen molar-refractivity contribution in [2.75, 3.05) is 4.90 Å². The van der Waals surface area contributed by atoms with Gasteiger partial charge in [-0.2, -0.15) is 0 Å². The van der Waals surface area contributed by atoms with Crippen LogP contribution in [0.3, 0.4) is 0 Å². The fourth-order valence-electron chi connectivity index (χ4n) is 7.14. The highest BCUT2D eigenvalue weighted by molar-refractivity contribution is 6.28. The Hall–Kier alpha value is -6.84. The Balaban J connectivity index is 1.39. The number of nitrogens with zero attached hydrogens (tertiary/aromatic N) is 2. The van der Waals surface area contributed by atoms with Crippen LogP contribution < -0.4 is 4.90 Å². The fourth-order valence-corrected chi connectivity index (χ4v) is 7.14. The van der Waals surface area contributed by atoms with E-state index in [1.165, 1.54) is 0 Å². The smallest absolute Gasteiger partial charge is 0.147 e. The quantitative estimate of drug-likeness (QED) is 0.177. The van der Waals surface area contributed by atoms with Gasteiger partial charge in [-0.1, -0.05) is 139 Å². The third-order valence-corrected chi connectivity index (χ3v) is 9.45. The zero-order valence-corrected chi connectivity index (χ0v) is 27.2. The predicted octanol–water partition coefficient (Wildman–Crippen LogP) is 13.5. The molecule has 0 aliphatic rings. The summed E-state index contributed by atoms with van der Waals surface area (Å²) in [5.74, 6) is 0. The van der Waals surface area contributed by atoms with Crippen molar-refractivity contribution in [2.24, 2.45) is 0 Å². The van der Waals surface area contributed by atoms with Crippen LogP contribution in [-0.2, 0) is 0 Å². The standard InChI is InChI=1S/C48H32N2O/c1-4-14-33(15-5-1)35-24-28-38(29-25-35)49(39-30-26-36(27-31-39)34-16-6-2-7-17-34)43-32-44-46(48-47(43)41-21-11-13-23-45(41)51-48)40-20-10-12-22-42(40)50(44)37-18-8-3-9-19-37/h1-32H/i10D,11D,12D,13D,20D,21D,22D,23D. The molecule has 0 aliphatic carbocycles. The van der Waals surface area contributed by atoms with Gasteiger partial charge in [0.05, 0.1) is 38.5 Å². The second-order valence-electron chi connectivity index (χ2n) is 12.4. The Labute approximate surface area is 307 Å². The monoisotopic (exact) mass is 660 g/mol. The average Bonchev–Trinajstić information content (AvgIpc) is 3.85. The van der Waals surface area contributed by atoms with E-state index in [0.29, 0.717) is 27.7 Å². The van der Waals surface area contributed by atoms with E-state index < -0.39 is 18.1 Å². The number of rotatable bonds is 6. The Morgan fingerprint density at radius 1 is 0.471 bits per heavy atom. The number of para-hydroxylation sites is 3. The lowest BCUT2D eigenvalue weighted by Crippen LogP contribution is -2.10. The van der Waals surface area contributed by atoms with Crippen LogP contribution in [0.2, 0.25) is 0 Å². The van der Waals surface area contributed by atoms with Gasteiger partial charge < -0.3 is 13.9 Å². The summed E-state index contributed by atoms with van der Waals surface area (Å²) in [7, 11) is 0. The van der Waals surface area contributed by atoms with Gasteiger partial charge in [-0.15, -0.1) is 0 Å². The molecule has 8 aromatic carbocycles. The molecule has 3 heteroatoms. The van der Waals surface area contributed by atoms with E-state index in [4.69, 9.17) is 11.3 Å². The van der Waals surface area contributed by atoms with Crippen molar-refractivity contribution in [1.82, 2.24) is 4.57 Å². The van der Waals surface area contributed by atoms with E-state index in [0.717, 1.165) is 33.6 Å². The molecule has 3 nitrogen and oxygen atoms in total. The van der Waals surface area contributed by atoms with Gasteiger partial charge in [0.25, 0.3) is 0 Å². The maximum atomic E-state index is 9.27. The molecule has 0 saturated carbocycles. The Morgan fingerprint density at radius 2 is 0.980 bits per heavy atom. The average molecular weight is 661 g/mol. The van der Waals surface area contributed by atoms with Crippen LogP contribution in [0.15, 0.2) is 198 Å². The molecule has 0 unspecified atom stereocenters.